The second-order valence-corrected chi connectivity index (χ2v) is 6.57. The molecule has 0 spiro atoms. The quantitative estimate of drug-likeness (QED) is 0.556. The molecule has 2 N–H and O–H groups in total. The first kappa shape index (κ1) is 16.4. The molecule has 0 aliphatic rings. The summed E-state index contributed by atoms with van der Waals surface area (Å²) in [6, 6.07) is 14.0. The fraction of sp³-hybridized carbons (Fsp3) is 0.190. The number of furan rings is 1. The minimum Gasteiger partial charge on any atom is -0.459 e. The zero-order valence-electron chi connectivity index (χ0n) is 14.6. The van der Waals surface area contributed by atoms with Crippen LogP contribution in [-0.4, -0.2) is 10.9 Å². The molecule has 2 aromatic carbocycles. The van der Waals surface area contributed by atoms with Gasteiger partial charge in [-0.1, -0.05) is 18.2 Å². The Labute approximate surface area is 150 Å². The normalized spacial score (nSPS) is 12.6. The number of nitrogens with one attached hydrogen (secondary N) is 2. The molecule has 1 amide bonds. The zero-order valence-corrected chi connectivity index (χ0v) is 14.6. The first-order chi connectivity index (χ1) is 12.5. The SMILES string of the molecule is Cc1[nH]c2ccc(F)cc2c1CC(=O)NC(C)c1cc2ccccc2o1. The van der Waals surface area contributed by atoms with Gasteiger partial charge in [-0.25, -0.2) is 4.39 Å². The smallest absolute Gasteiger partial charge is 0.225 e. The van der Waals surface area contributed by atoms with E-state index in [1.54, 1.807) is 6.07 Å². The van der Waals surface area contributed by atoms with Crippen LogP contribution in [0.4, 0.5) is 4.39 Å². The number of aromatic amines is 1. The lowest BCUT2D eigenvalue weighted by Gasteiger charge is -2.11. The number of hydrogen-bond donors (Lipinski definition) is 2. The highest BCUT2D eigenvalue weighted by Gasteiger charge is 2.17. The van der Waals surface area contributed by atoms with Gasteiger partial charge in [-0.3, -0.25) is 4.79 Å². The Morgan fingerprint density at radius 3 is 2.85 bits per heavy atom. The number of para-hydroxylation sites is 1. The standard InChI is InChI=1S/C21H19FN2O2/c1-12-16(17-10-15(22)7-8-18(17)23-12)11-21(25)24-13(2)20-9-14-5-3-4-6-19(14)26-20/h3-10,13,23H,11H2,1-2H3,(H,24,25). The van der Waals surface area contributed by atoms with Crippen LogP contribution < -0.4 is 5.32 Å². The molecular formula is C21H19FN2O2. The Balaban J connectivity index is 1.53. The number of fused-ring (bicyclic) bond motifs is 2. The van der Waals surface area contributed by atoms with Crippen LogP contribution in [-0.2, 0) is 11.2 Å². The average molecular weight is 350 g/mol. The van der Waals surface area contributed by atoms with E-state index in [1.807, 2.05) is 44.2 Å². The predicted octanol–water partition coefficient (Wildman–Crippen LogP) is 4.78. The topological polar surface area (TPSA) is 58.0 Å². The summed E-state index contributed by atoms with van der Waals surface area (Å²) in [4.78, 5) is 15.7. The molecule has 2 heterocycles. The third-order valence-corrected chi connectivity index (χ3v) is 4.67. The molecule has 0 aliphatic carbocycles. The molecule has 0 saturated carbocycles. The lowest BCUT2D eigenvalue weighted by molar-refractivity contribution is -0.121. The van der Waals surface area contributed by atoms with Gasteiger partial charge in [0.05, 0.1) is 12.5 Å². The number of aryl methyl sites for hydroxylation is 1. The number of carbonyl (C=O) groups is 1. The van der Waals surface area contributed by atoms with E-state index in [0.29, 0.717) is 5.76 Å². The summed E-state index contributed by atoms with van der Waals surface area (Å²) in [6.07, 6.45) is 0.180. The van der Waals surface area contributed by atoms with Crippen LogP contribution in [0.1, 0.15) is 30.0 Å². The molecular weight excluding hydrogens is 331 g/mol. The summed E-state index contributed by atoms with van der Waals surface area (Å²) in [6.45, 7) is 3.78. The molecule has 2 aromatic heterocycles. The van der Waals surface area contributed by atoms with E-state index in [1.165, 1.54) is 12.1 Å². The van der Waals surface area contributed by atoms with Gasteiger partial charge in [-0.05, 0) is 49.7 Å². The fourth-order valence-corrected chi connectivity index (χ4v) is 3.32. The van der Waals surface area contributed by atoms with Crippen molar-refractivity contribution in [2.24, 2.45) is 0 Å². The molecule has 26 heavy (non-hydrogen) atoms. The highest BCUT2D eigenvalue weighted by atomic mass is 19.1. The van der Waals surface area contributed by atoms with Crippen molar-refractivity contribution in [2.75, 3.05) is 0 Å². The Morgan fingerprint density at radius 2 is 2.04 bits per heavy atom. The van der Waals surface area contributed by atoms with Crippen molar-refractivity contribution >= 4 is 27.8 Å². The van der Waals surface area contributed by atoms with Crippen LogP contribution in [0.2, 0.25) is 0 Å². The third-order valence-electron chi connectivity index (χ3n) is 4.67. The molecule has 0 radical (unpaired) electrons. The number of halogens is 1. The van der Waals surface area contributed by atoms with Crippen molar-refractivity contribution in [3.05, 3.63) is 71.4 Å². The molecule has 5 heteroatoms. The van der Waals surface area contributed by atoms with Crippen molar-refractivity contribution in [1.29, 1.82) is 0 Å². The highest BCUT2D eigenvalue weighted by Crippen LogP contribution is 2.25. The molecule has 4 rings (SSSR count). The van der Waals surface area contributed by atoms with Crippen molar-refractivity contribution in [1.82, 2.24) is 10.3 Å². The summed E-state index contributed by atoms with van der Waals surface area (Å²) >= 11 is 0. The Bertz CT molecular complexity index is 1080. The van der Waals surface area contributed by atoms with Crippen molar-refractivity contribution < 1.29 is 13.6 Å². The van der Waals surface area contributed by atoms with E-state index in [2.05, 4.69) is 10.3 Å². The van der Waals surface area contributed by atoms with Crippen molar-refractivity contribution in [3.8, 4) is 0 Å². The van der Waals surface area contributed by atoms with Gasteiger partial charge in [0, 0.05) is 22.0 Å². The van der Waals surface area contributed by atoms with Gasteiger partial charge in [-0.15, -0.1) is 0 Å². The van der Waals surface area contributed by atoms with Crippen LogP contribution in [0.15, 0.2) is 52.9 Å². The summed E-state index contributed by atoms with van der Waals surface area (Å²) < 4.78 is 19.4. The molecule has 4 nitrogen and oxygen atoms in total. The van der Waals surface area contributed by atoms with E-state index in [4.69, 9.17) is 4.42 Å². The maximum atomic E-state index is 13.6. The molecule has 0 bridgehead atoms. The third kappa shape index (κ3) is 2.96. The summed E-state index contributed by atoms with van der Waals surface area (Å²) in [5.74, 6) is 0.265. The van der Waals surface area contributed by atoms with Crippen molar-refractivity contribution in [2.45, 2.75) is 26.3 Å². The number of carbonyl (C=O) groups excluding carboxylic acids is 1. The highest BCUT2D eigenvalue weighted by molar-refractivity contribution is 5.90. The first-order valence-corrected chi connectivity index (χ1v) is 8.56. The van der Waals surface area contributed by atoms with Crippen LogP contribution in [0.3, 0.4) is 0 Å². The van der Waals surface area contributed by atoms with Gasteiger partial charge in [-0.2, -0.15) is 0 Å². The molecule has 1 unspecified atom stereocenters. The maximum Gasteiger partial charge on any atom is 0.225 e. The van der Waals surface area contributed by atoms with Gasteiger partial charge >= 0.3 is 0 Å². The van der Waals surface area contributed by atoms with E-state index in [-0.39, 0.29) is 24.2 Å². The van der Waals surface area contributed by atoms with Crippen LogP contribution >= 0.6 is 0 Å². The lowest BCUT2D eigenvalue weighted by atomic mass is 10.1. The number of H-pyrrole nitrogens is 1. The minimum absolute atomic E-state index is 0.133. The molecule has 0 aliphatic heterocycles. The largest absolute Gasteiger partial charge is 0.459 e. The van der Waals surface area contributed by atoms with E-state index in [9.17, 15) is 9.18 Å². The van der Waals surface area contributed by atoms with Crippen molar-refractivity contribution in [3.63, 3.8) is 0 Å². The minimum atomic E-state index is -0.311. The molecule has 0 fully saturated rings. The Hall–Kier alpha value is -3.08. The summed E-state index contributed by atoms with van der Waals surface area (Å²) in [5, 5.41) is 4.71. The average Bonchev–Trinajstić information content (AvgIpc) is 3.17. The van der Waals surface area contributed by atoms with Crippen LogP contribution in [0, 0.1) is 12.7 Å². The molecule has 4 aromatic rings. The van der Waals surface area contributed by atoms with Gasteiger partial charge in [0.25, 0.3) is 0 Å². The van der Waals surface area contributed by atoms with Gasteiger partial charge in [0.1, 0.15) is 17.2 Å². The van der Waals surface area contributed by atoms with Gasteiger partial charge in [0.2, 0.25) is 5.91 Å². The number of rotatable bonds is 4. The predicted molar refractivity (Wildman–Crippen MR) is 99.5 cm³/mol. The van der Waals surface area contributed by atoms with Crippen LogP contribution in [0.5, 0.6) is 0 Å². The summed E-state index contributed by atoms with van der Waals surface area (Å²) in [5.41, 5.74) is 3.31. The van der Waals surface area contributed by atoms with E-state index < -0.39 is 0 Å². The van der Waals surface area contributed by atoms with E-state index in [0.717, 1.165) is 33.1 Å². The molecule has 1 atom stereocenters. The van der Waals surface area contributed by atoms with E-state index >= 15 is 0 Å². The maximum absolute atomic E-state index is 13.6. The zero-order chi connectivity index (χ0) is 18.3. The number of hydrogen-bond acceptors (Lipinski definition) is 2. The number of benzene rings is 2. The second-order valence-electron chi connectivity index (χ2n) is 6.57. The van der Waals surface area contributed by atoms with Gasteiger partial charge < -0.3 is 14.7 Å². The molecule has 0 saturated heterocycles. The Kier molecular flexibility index (Phi) is 3.99. The number of aromatic nitrogens is 1. The second kappa shape index (κ2) is 6.33. The summed E-state index contributed by atoms with van der Waals surface area (Å²) in [7, 11) is 0. The first-order valence-electron chi connectivity index (χ1n) is 8.56. The van der Waals surface area contributed by atoms with Gasteiger partial charge in [0.15, 0.2) is 0 Å². The number of amides is 1. The molecule has 132 valence electrons. The lowest BCUT2D eigenvalue weighted by Crippen LogP contribution is -2.28. The Morgan fingerprint density at radius 1 is 1.23 bits per heavy atom. The fourth-order valence-electron chi connectivity index (χ4n) is 3.32. The van der Waals surface area contributed by atoms with Crippen LogP contribution in [0.25, 0.3) is 21.9 Å². The monoisotopic (exact) mass is 350 g/mol.